The first-order chi connectivity index (χ1) is 5.88. The van der Waals surface area contributed by atoms with Crippen LogP contribution in [0.3, 0.4) is 0 Å². The summed E-state index contributed by atoms with van der Waals surface area (Å²) in [5.41, 5.74) is 6.05. The second-order valence-corrected chi connectivity index (χ2v) is 3.65. The molecule has 0 unspecified atom stereocenters. The maximum atomic E-state index is 6.05. The van der Waals surface area contributed by atoms with E-state index in [1.54, 1.807) is 0 Å². The van der Waals surface area contributed by atoms with Gasteiger partial charge in [0.2, 0.25) is 0 Å². The van der Waals surface area contributed by atoms with E-state index < -0.39 is 0 Å². The molecule has 2 rings (SSSR count). The average molecular weight is 164 g/mol. The van der Waals surface area contributed by atoms with Gasteiger partial charge in [-0.1, -0.05) is 12.8 Å². The van der Waals surface area contributed by atoms with E-state index >= 15 is 0 Å². The lowest BCUT2D eigenvalue weighted by atomic mass is 9.91. The zero-order chi connectivity index (χ0) is 8.39. The molecule has 66 valence electrons. The molecule has 1 heterocycles. The number of aromatic nitrogens is 1. The van der Waals surface area contributed by atoms with Gasteiger partial charge in [-0.15, -0.1) is 0 Å². The van der Waals surface area contributed by atoms with Crippen LogP contribution in [0.15, 0.2) is 24.5 Å². The molecular weight excluding hydrogens is 148 g/mol. The fourth-order valence-corrected chi connectivity index (χ4v) is 2.08. The van der Waals surface area contributed by atoms with Crippen LogP contribution in [0.5, 0.6) is 0 Å². The lowest BCUT2D eigenvalue weighted by molar-refractivity contribution is 0.307. The summed E-state index contributed by atoms with van der Waals surface area (Å²) in [5.74, 6) is 0. The average Bonchev–Trinajstić information content (AvgIpc) is 2.57. The number of hydrogen-bond donors (Lipinski definition) is 1. The number of hydrogen-bond acceptors (Lipinski definition) is 1. The molecular formula is C10H16N2. The molecule has 1 aliphatic carbocycles. The highest BCUT2D eigenvalue weighted by Crippen LogP contribution is 2.26. The van der Waals surface area contributed by atoms with E-state index in [2.05, 4.69) is 29.1 Å². The molecule has 12 heavy (non-hydrogen) atoms. The molecule has 0 aromatic carbocycles. The van der Waals surface area contributed by atoms with E-state index in [-0.39, 0.29) is 0 Å². The predicted octanol–water partition coefficient (Wildman–Crippen LogP) is 1.93. The third-order valence-electron chi connectivity index (χ3n) is 2.79. The summed E-state index contributed by atoms with van der Waals surface area (Å²) < 4.78 is 2.25. The minimum Gasteiger partial charge on any atom is -0.350 e. The minimum absolute atomic E-state index is 0.367. The Bertz CT molecular complexity index is 228. The van der Waals surface area contributed by atoms with Gasteiger partial charge >= 0.3 is 0 Å². The van der Waals surface area contributed by atoms with Crippen molar-refractivity contribution in [1.29, 1.82) is 0 Å². The van der Waals surface area contributed by atoms with Gasteiger partial charge < -0.3 is 10.3 Å². The molecule has 0 saturated heterocycles. The van der Waals surface area contributed by atoms with E-state index in [9.17, 15) is 0 Å². The van der Waals surface area contributed by atoms with E-state index in [1.807, 2.05) is 0 Å². The molecule has 1 fully saturated rings. The van der Waals surface area contributed by atoms with Gasteiger partial charge in [-0.3, -0.25) is 0 Å². The first-order valence-corrected chi connectivity index (χ1v) is 4.76. The fourth-order valence-electron chi connectivity index (χ4n) is 2.08. The summed E-state index contributed by atoms with van der Waals surface area (Å²) in [6.07, 6.45) is 9.31. The molecule has 2 N–H and O–H groups in total. The summed E-state index contributed by atoms with van der Waals surface area (Å²) in [6.45, 7) is 0. The van der Waals surface area contributed by atoms with Gasteiger partial charge in [-0.2, -0.15) is 0 Å². The van der Waals surface area contributed by atoms with Crippen LogP contribution < -0.4 is 5.73 Å². The molecule has 0 spiro atoms. The molecule has 1 aromatic rings. The molecule has 2 heteroatoms. The van der Waals surface area contributed by atoms with Crippen molar-refractivity contribution in [2.45, 2.75) is 37.8 Å². The molecule has 0 amide bonds. The van der Waals surface area contributed by atoms with Crippen molar-refractivity contribution < 1.29 is 0 Å². The topological polar surface area (TPSA) is 30.9 Å². The van der Waals surface area contributed by atoms with Crippen LogP contribution in [-0.4, -0.2) is 10.6 Å². The molecule has 0 radical (unpaired) electrons. The molecule has 0 bridgehead atoms. The molecule has 1 aliphatic rings. The standard InChI is InChI=1S/C10H16N2/c11-9-5-1-2-6-10(9)12-7-3-4-8-12/h3-4,7-10H,1-2,5-6,11H2/t9-,10-/m0/s1. The van der Waals surface area contributed by atoms with Crippen molar-refractivity contribution in [2.75, 3.05) is 0 Å². The molecule has 1 aromatic heterocycles. The zero-order valence-electron chi connectivity index (χ0n) is 7.32. The number of rotatable bonds is 1. The van der Waals surface area contributed by atoms with Crippen molar-refractivity contribution in [3.8, 4) is 0 Å². The SMILES string of the molecule is N[C@H]1CCCC[C@@H]1n1cccc1. The third kappa shape index (κ3) is 1.39. The second-order valence-electron chi connectivity index (χ2n) is 3.65. The second kappa shape index (κ2) is 3.31. The van der Waals surface area contributed by atoms with Crippen LogP contribution in [0.1, 0.15) is 31.7 Å². The van der Waals surface area contributed by atoms with Crippen molar-refractivity contribution in [3.63, 3.8) is 0 Å². The third-order valence-corrected chi connectivity index (χ3v) is 2.79. The van der Waals surface area contributed by atoms with Gasteiger partial charge in [0.05, 0.1) is 0 Å². The van der Waals surface area contributed by atoms with Crippen molar-refractivity contribution >= 4 is 0 Å². The summed E-state index contributed by atoms with van der Waals surface area (Å²) in [4.78, 5) is 0. The highest BCUT2D eigenvalue weighted by atomic mass is 15.0. The normalized spacial score (nSPS) is 30.4. The van der Waals surface area contributed by atoms with Gasteiger partial charge in [0.25, 0.3) is 0 Å². The van der Waals surface area contributed by atoms with E-state index in [1.165, 1.54) is 25.7 Å². The Balaban J connectivity index is 2.11. The number of nitrogens with two attached hydrogens (primary N) is 1. The minimum atomic E-state index is 0.367. The van der Waals surface area contributed by atoms with Crippen LogP contribution in [0.2, 0.25) is 0 Å². The quantitative estimate of drug-likeness (QED) is 0.675. The Morgan fingerprint density at radius 2 is 1.75 bits per heavy atom. The molecule has 2 atom stereocenters. The zero-order valence-corrected chi connectivity index (χ0v) is 7.32. The fraction of sp³-hybridized carbons (Fsp3) is 0.600. The Labute approximate surface area is 73.4 Å². The van der Waals surface area contributed by atoms with Crippen LogP contribution in [0.4, 0.5) is 0 Å². The van der Waals surface area contributed by atoms with Crippen molar-refractivity contribution in [2.24, 2.45) is 5.73 Å². The van der Waals surface area contributed by atoms with Gasteiger partial charge in [0, 0.05) is 24.5 Å². The summed E-state index contributed by atoms with van der Waals surface area (Å²) >= 11 is 0. The Morgan fingerprint density at radius 1 is 1.08 bits per heavy atom. The van der Waals surface area contributed by atoms with Gasteiger partial charge in [0.15, 0.2) is 0 Å². The highest BCUT2D eigenvalue weighted by Gasteiger charge is 2.21. The smallest absolute Gasteiger partial charge is 0.0481 e. The van der Waals surface area contributed by atoms with Crippen LogP contribution in [-0.2, 0) is 0 Å². The molecule has 2 nitrogen and oxygen atoms in total. The summed E-state index contributed by atoms with van der Waals surface area (Å²) in [6, 6.07) is 5.06. The molecule has 1 saturated carbocycles. The van der Waals surface area contributed by atoms with E-state index in [0.717, 1.165) is 0 Å². The first-order valence-electron chi connectivity index (χ1n) is 4.76. The van der Waals surface area contributed by atoms with Gasteiger partial charge in [-0.05, 0) is 25.0 Å². The predicted molar refractivity (Wildman–Crippen MR) is 49.9 cm³/mol. The Hall–Kier alpha value is -0.760. The number of nitrogens with zero attached hydrogens (tertiary/aromatic N) is 1. The Morgan fingerprint density at radius 3 is 2.42 bits per heavy atom. The largest absolute Gasteiger partial charge is 0.350 e. The van der Waals surface area contributed by atoms with Gasteiger partial charge in [0.1, 0.15) is 0 Å². The van der Waals surface area contributed by atoms with E-state index in [0.29, 0.717) is 12.1 Å². The first kappa shape index (κ1) is 7.87. The van der Waals surface area contributed by atoms with Crippen molar-refractivity contribution in [1.82, 2.24) is 4.57 Å². The lowest BCUT2D eigenvalue weighted by Gasteiger charge is -2.29. The van der Waals surface area contributed by atoms with Crippen LogP contribution in [0, 0.1) is 0 Å². The summed E-state index contributed by atoms with van der Waals surface area (Å²) in [7, 11) is 0. The van der Waals surface area contributed by atoms with Crippen LogP contribution in [0.25, 0.3) is 0 Å². The molecule has 0 aliphatic heterocycles. The summed E-state index contributed by atoms with van der Waals surface area (Å²) in [5, 5.41) is 0. The van der Waals surface area contributed by atoms with Crippen LogP contribution >= 0.6 is 0 Å². The van der Waals surface area contributed by atoms with Crippen molar-refractivity contribution in [3.05, 3.63) is 24.5 Å². The lowest BCUT2D eigenvalue weighted by Crippen LogP contribution is -2.34. The monoisotopic (exact) mass is 164 g/mol. The van der Waals surface area contributed by atoms with E-state index in [4.69, 9.17) is 5.73 Å². The van der Waals surface area contributed by atoms with Gasteiger partial charge in [-0.25, -0.2) is 0 Å². The highest BCUT2D eigenvalue weighted by molar-refractivity contribution is 4.96. The maximum Gasteiger partial charge on any atom is 0.0481 e. The maximum absolute atomic E-state index is 6.05. The Kier molecular flexibility index (Phi) is 2.17.